The molecule has 7 nitrogen and oxygen atoms in total. The summed E-state index contributed by atoms with van der Waals surface area (Å²) in [6.07, 6.45) is 5.38. The Morgan fingerprint density at radius 2 is 1.85 bits per heavy atom. The molecule has 2 rings (SSSR count). The zero-order chi connectivity index (χ0) is 20.0. The number of urea groups is 1. The van der Waals surface area contributed by atoms with Gasteiger partial charge in [0.15, 0.2) is 0 Å². The quantitative estimate of drug-likeness (QED) is 0.768. The van der Waals surface area contributed by atoms with Crippen LogP contribution in [0, 0.1) is 0 Å². The largest absolute Gasteiger partial charge is 0.481 e. The van der Waals surface area contributed by atoms with Crippen LogP contribution in [0.3, 0.4) is 0 Å². The molecule has 2 N–H and O–H groups in total. The fourth-order valence-corrected chi connectivity index (χ4v) is 3.44. The maximum Gasteiger partial charge on any atom is 0.321 e. The van der Waals surface area contributed by atoms with E-state index in [1.165, 1.54) is 24.4 Å². The molecule has 1 aliphatic carbocycles. The molecule has 1 fully saturated rings. The maximum absolute atomic E-state index is 12.7. The van der Waals surface area contributed by atoms with Gasteiger partial charge in [-0.05, 0) is 31.0 Å². The van der Waals surface area contributed by atoms with Gasteiger partial charge in [0.2, 0.25) is 0 Å². The van der Waals surface area contributed by atoms with E-state index in [0.29, 0.717) is 11.3 Å². The first kappa shape index (κ1) is 21.0. The molecule has 0 spiro atoms. The summed E-state index contributed by atoms with van der Waals surface area (Å²) in [5, 5.41) is 11.6. The van der Waals surface area contributed by atoms with Crippen molar-refractivity contribution >= 4 is 35.2 Å². The van der Waals surface area contributed by atoms with Crippen molar-refractivity contribution in [1.82, 2.24) is 9.80 Å². The molecule has 0 bridgehead atoms. The summed E-state index contributed by atoms with van der Waals surface area (Å²) in [7, 11) is 3.32. The smallest absolute Gasteiger partial charge is 0.321 e. The van der Waals surface area contributed by atoms with Crippen molar-refractivity contribution in [3.63, 3.8) is 0 Å². The van der Waals surface area contributed by atoms with Gasteiger partial charge in [0, 0.05) is 32.4 Å². The highest BCUT2D eigenvalue weighted by atomic mass is 35.5. The number of anilines is 1. The Balaban J connectivity index is 2.00. The predicted octanol–water partition coefficient (Wildman–Crippen LogP) is 3.68. The first-order chi connectivity index (χ1) is 12.8. The van der Waals surface area contributed by atoms with Crippen LogP contribution < -0.4 is 5.32 Å². The van der Waals surface area contributed by atoms with Crippen LogP contribution in [0.5, 0.6) is 0 Å². The van der Waals surface area contributed by atoms with E-state index in [1.807, 2.05) is 7.05 Å². The van der Waals surface area contributed by atoms with Crippen molar-refractivity contribution in [3.05, 3.63) is 28.8 Å². The minimum absolute atomic E-state index is 0.0949. The summed E-state index contributed by atoms with van der Waals surface area (Å²) in [6, 6.07) is 4.57. The first-order valence-electron chi connectivity index (χ1n) is 9.10. The molecule has 1 aromatic carbocycles. The van der Waals surface area contributed by atoms with Gasteiger partial charge in [-0.1, -0.05) is 30.9 Å². The fraction of sp³-hybridized carbons (Fsp3) is 0.526. The summed E-state index contributed by atoms with van der Waals surface area (Å²) >= 11 is 6.28. The first-order valence-corrected chi connectivity index (χ1v) is 9.48. The van der Waals surface area contributed by atoms with Crippen LogP contribution >= 0.6 is 11.6 Å². The van der Waals surface area contributed by atoms with Gasteiger partial charge in [-0.3, -0.25) is 9.59 Å². The highest BCUT2D eigenvalue weighted by molar-refractivity contribution is 6.34. The number of hydrogen-bond acceptors (Lipinski definition) is 3. The molecule has 3 amide bonds. The molecule has 1 aliphatic rings. The second-order valence-electron chi connectivity index (χ2n) is 6.90. The normalized spacial score (nSPS) is 14.5. The Labute approximate surface area is 164 Å². The van der Waals surface area contributed by atoms with E-state index >= 15 is 0 Å². The van der Waals surface area contributed by atoms with Gasteiger partial charge in [-0.15, -0.1) is 0 Å². The number of carboxylic acid groups (broad SMARTS) is 1. The standard InChI is InChI=1S/C19H26ClN3O4/c1-22(11-10-17(24)25)19(27)21-13-8-9-15(16(20)12-13)18(26)23(2)14-6-4-3-5-7-14/h8-9,12,14H,3-7,10-11H2,1-2H3,(H,21,27)(H,24,25). The summed E-state index contributed by atoms with van der Waals surface area (Å²) in [4.78, 5) is 38.4. The molecule has 148 valence electrons. The van der Waals surface area contributed by atoms with Crippen LogP contribution in [0.15, 0.2) is 18.2 Å². The number of rotatable bonds is 6. The van der Waals surface area contributed by atoms with E-state index in [-0.39, 0.29) is 29.9 Å². The van der Waals surface area contributed by atoms with Gasteiger partial charge in [0.05, 0.1) is 17.0 Å². The highest BCUT2D eigenvalue weighted by Gasteiger charge is 2.24. The lowest BCUT2D eigenvalue weighted by molar-refractivity contribution is -0.137. The molecule has 1 saturated carbocycles. The van der Waals surface area contributed by atoms with E-state index in [9.17, 15) is 14.4 Å². The summed E-state index contributed by atoms with van der Waals surface area (Å²) in [5.74, 6) is -1.09. The van der Waals surface area contributed by atoms with Crippen LogP contribution in [0.2, 0.25) is 5.02 Å². The van der Waals surface area contributed by atoms with Gasteiger partial charge < -0.3 is 20.2 Å². The Kier molecular flexibility index (Phi) is 7.47. The van der Waals surface area contributed by atoms with Crippen LogP contribution in [0.25, 0.3) is 0 Å². The lowest BCUT2D eigenvalue weighted by Gasteiger charge is -2.31. The van der Waals surface area contributed by atoms with E-state index in [4.69, 9.17) is 16.7 Å². The Hall–Kier alpha value is -2.28. The zero-order valence-electron chi connectivity index (χ0n) is 15.7. The number of amides is 3. The van der Waals surface area contributed by atoms with Crippen LogP contribution in [0.4, 0.5) is 10.5 Å². The van der Waals surface area contributed by atoms with E-state index in [0.717, 1.165) is 25.7 Å². The Morgan fingerprint density at radius 1 is 1.19 bits per heavy atom. The Bertz CT molecular complexity index is 704. The number of nitrogens with one attached hydrogen (secondary N) is 1. The van der Waals surface area contributed by atoms with Gasteiger partial charge in [-0.25, -0.2) is 4.79 Å². The average Bonchev–Trinajstić information content (AvgIpc) is 2.65. The third-order valence-corrected chi connectivity index (χ3v) is 5.21. The Morgan fingerprint density at radius 3 is 2.44 bits per heavy atom. The molecule has 0 radical (unpaired) electrons. The second kappa shape index (κ2) is 9.60. The van der Waals surface area contributed by atoms with Crippen LogP contribution in [-0.4, -0.2) is 59.5 Å². The molecule has 0 saturated heterocycles. The average molecular weight is 396 g/mol. The maximum atomic E-state index is 12.7. The van der Waals surface area contributed by atoms with Gasteiger partial charge in [0.25, 0.3) is 5.91 Å². The number of carboxylic acids is 1. The number of carbonyl (C=O) groups is 3. The topological polar surface area (TPSA) is 90.0 Å². The van der Waals surface area contributed by atoms with Crippen molar-refractivity contribution in [2.75, 3.05) is 26.0 Å². The van der Waals surface area contributed by atoms with E-state index in [1.54, 1.807) is 17.0 Å². The number of halogens is 1. The van der Waals surface area contributed by atoms with Gasteiger partial charge in [-0.2, -0.15) is 0 Å². The number of aliphatic carboxylic acids is 1. The molecular formula is C19H26ClN3O4. The molecule has 8 heteroatoms. The van der Waals surface area contributed by atoms with Crippen molar-refractivity contribution in [2.24, 2.45) is 0 Å². The van der Waals surface area contributed by atoms with Crippen molar-refractivity contribution < 1.29 is 19.5 Å². The molecule has 0 atom stereocenters. The molecule has 0 aromatic heterocycles. The fourth-order valence-electron chi connectivity index (χ4n) is 3.17. The third kappa shape index (κ3) is 5.85. The van der Waals surface area contributed by atoms with Crippen LogP contribution in [0.1, 0.15) is 48.9 Å². The van der Waals surface area contributed by atoms with E-state index in [2.05, 4.69) is 5.32 Å². The lowest BCUT2D eigenvalue weighted by atomic mass is 9.94. The lowest BCUT2D eigenvalue weighted by Crippen LogP contribution is -2.38. The third-order valence-electron chi connectivity index (χ3n) is 4.90. The number of nitrogens with zero attached hydrogens (tertiary/aromatic N) is 2. The SMILES string of the molecule is CN(CCC(=O)O)C(=O)Nc1ccc(C(=O)N(C)C2CCCCC2)c(Cl)c1. The number of carbonyl (C=O) groups excluding carboxylic acids is 2. The van der Waals surface area contributed by atoms with Crippen LogP contribution in [-0.2, 0) is 4.79 Å². The predicted molar refractivity (Wildman–Crippen MR) is 104 cm³/mol. The van der Waals surface area contributed by atoms with E-state index < -0.39 is 12.0 Å². The van der Waals surface area contributed by atoms with Gasteiger partial charge in [0.1, 0.15) is 0 Å². The summed E-state index contributed by atoms with van der Waals surface area (Å²) in [6.45, 7) is 0.0949. The zero-order valence-corrected chi connectivity index (χ0v) is 16.5. The number of benzene rings is 1. The summed E-state index contributed by atoms with van der Waals surface area (Å²) < 4.78 is 0. The monoisotopic (exact) mass is 395 g/mol. The van der Waals surface area contributed by atoms with Crippen molar-refractivity contribution in [2.45, 2.75) is 44.6 Å². The molecule has 27 heavy (non-hydrogen) atoms. The van der Waals surface area contributed by atoms with Gasteiger partial charge >= 0.3 is 12.0 Å². The number of hydrogen-bond donors (Lipinski definition) is 2. The van der Waals surface area contributed by atoms with Crippen molar-refractivity contribution in [3.8, 4) is 0 Å². The minimum atomic E-state index is -0.970. The molecule has 1 aromatic rings. The minimum Gasteiger partial charge on any atom is -0.481 e. The summed E-state index contributed by atoms with van der Waals surface area (Å²) in [5.41, 5.74) is 0.853. The molecule has 0 unspecified atom stereocenters. The molecule has 0 aliphatic heterocycles. The molecular weight excluding hydrogens is 370 g/mol. The van der Waals surface area contributed by atoms with Crippen molar-refractivity contribution in [1.29, 1.82) is 0 Å². The highest BCUT2D eigenvalue weighted by Crippen LogP contribution is 2.26. The second-order valence-corrected chi connectivity index (χ2v) is 7.31. The molecule has 0 heterocycles.